The molecule has 1 N–H and O–H groups in total. The minimum atomic E-state index is -1.20. The van der Waals surface area contributed by atoms with Crippen LogP contribution in [0.3, 0.4) is 0 Å². The van der Waals surface area contributed by atoms with Crippen molar-refractivity contribution in [1.82, 2.24) is 4.98 Å². The van der Waals surface area contributed by atoms with Crippen LogP contribution in [0.25, 0.3) is 11.1 Å². The summed E-state index contributed by atoms with van der Waals surface area (Å²) in [5, 5.41) is 10.2. The molecule has 0 saturated heterocycles. The predicted molar refractivity (Wildman–Crippen MR) is 76.7 cm³/mol. The van der Waals surface area contributed by atoms with Gasteiger partial charge in [0, 0.05) is 22.3 Å². The number of nitrogens with zero attached hydrogens (tertiary/aromatic N) is 1. The quantitative estimate of drug-likeness (QED) is 0.833. The van der Waals surface area contributed by atoms with E-state index in [4.69, 9.17) is 51.5 Å². The number of halogens is 4. The van der Waals surface area contributed by atoms with Crippen LogP contribution in [0.5, 0.6) is 0 Å². The van der Waals surface area contributed by atoms with E-state index in [0.29, 0.717) is 10.6 Å². The minimum absolute atomic E-state index is 0.185. The molecule has 0 amide bonds. The molecule has 7 heteroatoms. The Bertz CT molecular complexity index is 650. The maximum Gasteiger partial charge on any atom is 0.355 e. The Kier molecular flexibility index (Phi) is 4.21. The van der Waals surface area contributed by atoms with E-state index in [9.17, 15) is 4.79 Å². The normalized spacial score (nSPS) is 10.5. The Labute approximate surface area is 128 Å². The lowest BCUT2D eigenvalue weighted by Crippen LogP contribution is -2.03. The highest BCUT2D eigenvalue weighted by atomic mass is 35.5. The summed E-state index contributed by atoms with van der Waals surface area (Å²) in [5.41, 5.74) is 0.391. The topological polar surface area (TPSA) is 50.2 Å². The van der Waals surface area contributed by atoms with Gasteiger partial charge >= 0.3 is 5.97 Å². The molecular weight excluding hydrogens is 332 g/mol. The SMILES string of the molecule is O=C(O)c1ncc(Cl)cc1-c1c(Cl)cc(Cl)cc1Cl. The predicted octanol–water partition coefficient (Wildman–Crippen LogP) is 5.06. The zero-order chi connectivity index (χ0) is 14.2. The molecule has 19 heavy (non-hydrogen) atoms. The number of hydrogen-bond donors (Lipinski definition) is 1. The molecule has 0 aliphatic heterocycles. The third-order valence-electron chi connectivity index (χ3n) is 2.33. The monoisotopic (exact) mass is 335 g/mol. The fraction of sp³-hybridized carbons (Fsp3) is 0. The van der Waals surface area contributed by atoms with Gasteiger partial charge in [-0.25, -0.2) is 9.78 Å². The average molecular weight is 337 g/mol. The van der Waals surface area contributed by atoms with Crippen LogP contribution in [0.4, 0.5) is 0 Å². The number of carboxylic acids is 1. The molecule has 0 fully saturated rings. The van der Waals surface area contributed by atoms with Gasteiger partial charge in [-0.3, -0.25) is 0 Å². The summed E-state index contributed by atoms with van der Waals surface area (Å²) in [6, 6.07) is 4.38. The summed E-state index contributed by atoms with van der Waals surface area (Å²) in [5.74, 6) is -1.20. The molecule has 0 radical (unpaired) electrons. The molecular formula is C12H5Cl4NO2. The van der Waals surface area contributed by atoms with Crippen molar-refractivity contribution in [3.05, 3.63) is 50.2 Å². The van der Waals surface area contributed by atoms with Crippen molar-refractivity contribution in [2.75, 3.05) is 0 Å². The molecule has 0 bridgehead atoms. The third-order valence-corrected chi connectivity index (χ3v) is 3.35. The van der Waals surface area contributed by atoms with Gasteiger partial charge in [0.15, 0.2) is 5.69 Å². The summed E-state index contributed by atoms with van der Waals surface area (Å²) in [7, 11) is 0. The minimum Gasteiger partial charge on any atom is -0.476 e. The van der Waals surface area contributed by atoms with Crippen LogP contribution in [-0.4, -0.2) is 16.1 Å². The van der Waals surface area contributed by atoms with Gasteiger partial charge in [-0.05, 0) is 18.2 Å². The Morgan fingerprint density at radius 3 is 2.11 bits per heavy atom. The molecule has 2 rings (SSSR count). The summed E-state index contributed by atoms with van der Waals surface area (Å²) >= 11 is 23.8. The van der Waals surface area contributed by atoms with E-state index in [2.05, 4.69) is 4.98 Å². The molecule has 1 aromatic heterocycles. The third kappa shape index (κ3) is 2.95. The average Bonchev–Trinajstić information content (AvgIpc) is 2.27. The van der Waals surface area contributed by atoms with Crippen molar-refractivity contribution in [3.8, 4) is 11.1 Å². The van der Waals surface area contributed by atoms with Gasteiger partial charge in [0.25, 0.3) is 0 Å². The molecule has 0 atom stereocenters. The Balaban J connectivity index is 2.78. The van der Waals surface area contributed by atoms with Crippen LogP contribution in [-0.2, 0) is 0 Å². The first-order chi connectivity index (χ1) is 8.90. The lowest BCUT2D eigenvalue weighted by molar-refractivity contribution is 0.0691. The van der Waals surface area contributed by atoms with Crippen molar-refractivity contribution in [3.63, 3.8) is 0 Å². The first-order valence-electron chi connectivity index (χ1n) is 4.94. The van der Waals surface area contributed by atoms with Crippen molar-refractivity contribution in [2.24, 2.45) is 0 Å². The van der Waals surface area contributed by atoms with Crippen LogP contribution in [0.15, 0.2) is 24.4 Å². The van der Waals surface area contributed by atoms with Crippen LogP contribution in [0.2, 0.25) is 20.1 Å². The van der Waals surface area contributed by atoms with Gasteiger partial charge in [0.05, 0.1) is 15.1 Å². The number of benzene rings is 1. The van der Waals surface area contributed by atoms with E-state index >= 15 is 0 Å². The Morgan fingerprint density at radius 1 is 1.00 bits per heavy atom. The van der Waals surface area contributed by atoms with Gasteiger partial charge in [-0.1, -0.05) is 46.4 Å². The second-order valence-electron chi connectivity index (χ2n) is 3.60. The lowest BCUT2D eigenvalue weighted by Gasteiger charge is -2.10. The molecule has 0 aliphatic carbocycles. The molecule has 3 nitrogen and oxygen atoms in total. The van der Waals surface area contributed by atoms with Crippen LogP contribution >= 0.6 is 46.4 Å². The van der Waals surface area contributed by atoms with Gasteiger partial charge in [0.1, 0.15) is 0 Å². The fourth-order valence-corrected chi connectivity index (χ4v) is 2.78. The van der Waals surface area contributed by atoms with Crippen LogP contribution in [0, 0.1) is 0 Å². The van der Waals surface area contributed by atoms with E-state index in [-0.39, 0.29) is 26.3 Å². The van der Waals surface area contributed by atoms with E-state index in [1.807, 2.05) is 0 Å². The standard InChI is InChI=1S/C12H5Cl4NO2/c13-5-2-8(15)10(9(16)3-5)7-1-6(14)4-17-11(7)12(18)19/h1-4H,(H,18,19). The summed E-state index contributed by atoms with van der Waals surface area (Å²) in [4.78, 5) is 15.0. The number of rotatable bonds is 2. The number of pyridine rings is 1. The molecule has 2 aromatic rings. The van der Waals surface area contributed by atoms with E-state index < -0.39 is 5.97 Å². The molecule has 0 spiro atoms. The smallest absolute Gasteiger partial charge is 0.355 e. The largest absolute Gasteiger partial charge is 0.476 e. The highest BCUT2D eigenvalue weighted by molar-refractivity contribution is 6.42. The summed E-state index contributed by atoms with van der Waals surface area (Å²) in [6.07, 6.45) is 1.24. The Morgan fingerprint density at radius 2 is 1.58 bits per heavy atom. The van der Waals surface area contributed by atoms with Crippen molar-refractivity contribution < 1.29 is 9.90 Å². The van der Waals surface area contributed by atoms with E-state index in [0.717, 1.165) is 0 Å². The highest BCUT2D eigenvalue weighted by Gasteiger charge is 2.19. The lowest BCUT2D eigenvalue weighted by atomic mass is 10.0. The summed E-state index contributed by atoms with van der Waals surface area (Å²) < 4.78 is 0. The van der Waals surface area contributed by atoms with Crippen LogP contribution in [0.1, 0.15) is 10.5 Å². The maximum absolute atomic E-state index is 11.2. The number of carboxylic acid groups (broad SMARTS) is 1. The molecule has 0 saturated carbocycles. The highest BCUT2D eigenvalue weighted by Crippen LogP contribution is 2.39. The molecule has 98 valence electrons. The molecule has 0 unspecified atom stereocenters. The Hall–Kier alpha value is -1.000. The number of aromatic carboxylic acids is 1. The molecule has 1 aromatic carbocycles. The van der Waals surface area contributed by atoms with Crippen molar-refractivity contribution in [1.29, 1.82) is 0 Å². The molecule has 1 heterocycles. The molecule has 0 aliphatic rings. The zero-order valence-corrected chi connectivity index (χ0v) is 12.1. The first-order valence-corrected chi connectivity index (χ1v) is 6.45. The zero-order valence-electron chi connectivity index (χ0n) is 9.12. The maximum atomic E-state index is 11.2. The first kappa shape index (κ1) is 14.4. The second-order valence-corrected chi connectivity index (χ2v) is 5.29. The van der Waals surface area contributed by atoms with Crippen molar-refractivity contribution in [2.45, 2.75) is 0 Å². The van der Waals surface area contributed by atoms with Crippen LogP contribution < -0.4 is 0 Å². The van der Waals surface area contributed by atoms with E-state index in [1.165, 1.54) is 24.4 Å². The van der Waals surface area contributed by atoms with Gasteiger partial charge < -0.3 is 5.11 Å². The second kappa shape index (κ2) is 5.55. The van der Waals surface area contributed by atoms with Gasteiger partial charge in [-0.15, -0.1) is 0 Å². The fourth-order valence-electron chi connectivity index (χ4n) is 1.60. The van der Waals surface area contributed by atoms with E-state index in [1.54, 1.807) is 0 Å². The number of aromatic nitrogens is 1. The van der Waals surface area contributed by atoms with Crippen molar-refractivity contribution >= 4 is 52.4 Å². The van der Waals surface area contributed by atoms with Gasteiger partial charge in [-0.2, -0.15) is 0 Å². The van der Waals surface area contributed by atoms with Gasteiger partial charge in [0.2, 0.25) is 0 Å². The summed E-state index contributed by atoms with van der Waals surface area (Å²) in [6.45, 7) is 0. The number of carbonyl (C=O) groups is 1. The number of hydrogen-bond acceptors (Lipinski definition) is 2.